The number of carbonyl (C=O) groups excluding carboxylic acids is 1. The molecule has 0 aromatic carbocycles. The number of ether oxygens (including phenoxy) is 1. The van der Waals surface area contributed by atoms with E-state index in [1.54, 1.807) is 7.11 Å². The topological polar surface area (TPSA) is 58.8 Å². The van der Waals surface area contributed by atoms with E-state index in [0.717, 1.165) is 32.5 Å². The largest absolute Gasteiger partial charge is 0.381 e. The second-order valence-corrected chi connectivity index (χ2v) is 4.81. The standard InChI is InChI=1S/C13H27N3O2/c1-4-15(5-2)13(17)10-16-7-6-12(18-3)8-11(16)9-14/h11-12H,4-10,14H2,1-3H3. The molecule has 106 valence electrons. The van der Waals surface area contributed by atoms with Gasteiger partial charge in [0.1, 0.15) is 0 Å². The number of likely N-dealkylation sites (tertiary alicyclic amines) is 1. The van der Waals surface area contributed by atoms with Crippen molar-refractivity contribution in [2.24, 2.45) is 5.73 Å². The maximum atomic E-state index is 12.1. The summed E-state index contributed by atoms with van der Waals surface area (Å²) in [6, 6.07) is 0.267. The van der Waals surface area contributed by atoms with Crippen molar-refractivity contribution in [3.8, 4) is 0 Å². The van der Waals surface area contributed by atoms with Crippen molar-refractivity contribution in [2.75, 3.05) is 39.8 Å². The molecule has 0 aromatic rings. The molecule has 1 fully saturated rings. The molecular weight excluding hydrogens is 230 g/mol. The predicted molar refractivity (Wildman–Crippen MR) is 72.4 cm³/mol. The van der Waals surface area contributed by atoms with Gasteiger partial charge in [-0.25, -0.2) is 0 Å². The van der Waals surface area contributed by atoms with Crippen molar-refractivity contribution in [3.05, 3.63) is 0 Å². The fourth-order valence-corrected chi connectivity index (χ4v) is 2.58. The van der Waals surface area contributed by atoms with Crippen molar-refractivity contribution in [1.29, 1.82) is 0 Å². The number of nitrogens with two attached hydrogens (primary N) is 1. The van der Waals surface area contributed by atoms with Gasteiger partial charge >= 0.3 is 0 Å². The quantitative estimate of drug-likeness (QED) is 0.743. The van der Waals surface area contributed by atoms with E-state index in [1.165, 1.54) is 0 Å². The van der Waals surface area contributed by atoms with Crippen molar-refractivity contribution in [3.63, 3.8) is 0 Å². The molecule has 1 saturated heterocycles. The average Bonchev–Trinajstić information content (AvgIpc) is 2.40. The van der Waals surface area contributed by atoms with Gasteiger partial charge in [-0.05, 0) is 26.7 Å². The first-order valence-electron chi connectivity index (χ1n) is 6.90. The SMILES string of the molecule is CCN(CC)C(=O)CN1CCC(OC)CC1CN. The second-order valence-electron chi connectivity index (χ2n) is 4.81. The molecule has 18 heavy (non-hydrogen) atoms. The first-order valence-corrected chi connectivity index (χ1v) is 6.90. The van der Waals surface area contributed by atoms with E-state index in [0.29, 0.717) is 19.2 Å². The van der Waals surface area contributed by atoms with Gasteiger partial charge in [0.15, 0.2) is 0 Å². The minimum absolute atomic E-state index is 0.203. The normalized spacial score (nSPS) is 25.1. The number of hydrogen-bond acceptors (Lipinski definition) is 4. The summed E-state index contributed by atoms with van der Waals surface area (Å²) in [5, 5.41) is 0. The van der Waals surface area contributed by atoms with Crippen LogP contribution in [-0.4, -0.2) is 67.7 Å². The summed E-state index contributed by atoms with van der Waals surface area (Å²) in [7, 11) is 1.74. The predicted octanol–water partition coefficient (Wildman–Crippen LogP) is 0.293. The van der Waals surface area contributed by atoms with Crippen LogP contribution in [0.1, 0.15) is 26.7 Å². The molecule has 0 radical (unpaired) electrons. The van der Waals surface area contributed by atoms with E-state index in [1.807, 2.05) is 18.7 Å². The van der Waals surface area contributed by atoms with Gasteiger partial charge in [-0.1, -0.05) is 0 Å². The zero-order valence-electron chi connectivity index (χ0n) is 11.9. The van der Waals surface area contributed by atoms with E-state index in [4.69, 9.17) is 10.5 Å². The summed E-state index contributed by atoms with van der Waals surface area (Å²) in [5.74, 6) is 0.203. The van der Waals surface area contributed by atoms with Crippen LogP contribution < -0.4 is 5.73 Å². The van der Waals surface area contributed by atoms with Crippen molar-refractivity contribution >= 4 is 5.91 Å². The van der Waals surface area contributed by atoms with Gasteiger partial charge < -0.3 is 15.4 Å². The highest BCUT2D eigenvalue weighted by molar-refractivity contribution is 5.78. The van der Waals surface area contributed by atoms with Crippen LogP contribution in [-0.2, 0) is 9.53 Å². The van der Waals surface area contributed by atoms with Crippen LogP contribution >= 0.6 is 0 Å². The van der Waals surface area contributed by atoms with Gasteiger partial charge in [0.05, 0.1) is 12.6 Å². The van der Waals surface area contributed by atoms with E-state index >= 15 is 0 Å². The van der Waals surface area contributed by atoms with Gasteiger partial charge in [0.25, 0.3) is 0 Å². The third kappa shape index (κ3) is 3.93. The van der Waals surface area contributed by atoms with Gasteiger partial charge in [0, 0.05) is 39.3 Å². The van der Waals surface area contributed by atoms with E-state index in [2.05, 4.69) is 4.90 Å². The minimum Gasteiger partial charge on any atom is -0.381 e. The summed E-state index contributed by atoms with van der Waals surface area (Å²) in [4.78, 5) is 16.2. The molecule has 0 aromatic heterocycles. The Balaban J connectivity index is 2.52. The van der Waals surface area contributed by atoms with Crippen LogP contribution in [0.25, 0.3) is 0 Å². The van der Waals surface area contributed by atoms with Crippen LogP contribution in [0, 0.1) is 0 Å². The Hall–Kier alpha value is -0.650. The van der Waals surface area contributed by atoms with Crippen LogP contribution in [0.3, 0.4) is 0 Å². The van der Waals surface area contributed by atoms with Gasteiger partial charge in [-0.15, -0.1) is 0 Å². The second kappa shape index (κ2) is 7.71. The van der Waals surface area contributed by atoms with Gasteiger partial charge in [-0.2, -0.15) is 0 Å². The molecular formula is C13H27N3O2. The molecule has 2 unspecified atom stereocenters. The first-order chi connectivity index (χ1) is 8.65. The summed E-state index contributed by atoms with van der Waals surface area (Å²) in [5.41, 5.74) is 5.81. The highest BCUT2D eigenvalue weighted by Gasteiger charge is 2.29. The van der Waals surface area contributed by atoms with Crippen molar-refractivity contribution in [2.45, 2.75) is 38.8 Å². The van der Waals surface area contributed by atoms with E-state index < -0.39 is 0 Å². The lowest BCUT2D eigenvalue weighted by molar-refractivity contribution is -0.133. The lowest BCUT2D eigenvalue weighted by Gasteiger charge is -2.38. The maximum Gasteiger partial charge on any atom is 0.236 e. The Labute approximate surface area is 110 Å². The Morgan fingerprint density at radius 1 is 1.44 bits per heavy atom. The van der Waals surface area contributed by atoms with Crippen LogP contribution in [0.4, 0.5) is 0 Å². The zero-order valence-corrected chi connectivity index (χ0v) is 11.9. The average molecular weight is 257 g/mol. The Kier molecular flexibility index (Phi) is 6.60. The minimum atomic E-state index is 0.203. The summed E-state index contributed by atoms with van der Waals surface area (Å²) in [6.45, 7) is 7.55. The number of piperidine rings is 1. The molecule has 2 atom stereocenters. The third-order valence-electron chi connectivity index (χ3n) is 3.85. The number of carbonyl (C=O) groups is 1. The number of nitrogens with zero attached hydrogens (tertiary/aromatic N) is 2. The maximum absolute atomic E-state index is 12.1. The van der Waals surface area contributed by atoms with E-state index in [9.17, 15) is 4.79 Å². The molecule has 5 nitrogen and oxygen atoms in total. The molecule has 5 heteroatoms. The molecule has 1 aliphatic rings. The third-order valence-corrected chi connectivity index (χ3v) is 3.85. The summed E-state index contributed by atoms with van der Waals surface area (Å²) in [6.07, 6.45) is 2.20. The number of likely N-dealkylation sites (N-methyl/N-ethyl adjacent to an activating group) is 1. The first kappa shape index (κ1) is 15.4. The molecule has 0 aliphatic carbocycles. The van der Waals surface area contributed by atoms with Crippen molar-refractivity contribution < 1.29 is 9.53 Å². The fourth-order valence-electron chi connectivity index (χ4n) is 2.58. The number of hydrogen-bond donors (Lipinski definition) is 1. The highest BCUT2D eigenvalue weighted by Crippen LogP contribution is 2.19. The fraction of sp³-hybridized carbons (Fsp3) is 0.923. The van der Waals surface area contributed by atoms with Gasteiger partial charge in [0.2, 0.25) is 5.91 Å². The zero-order chi connectivity index (χ0) is 13.5. The van der Waals surface area contributed by atoms with Crippen LogP contribution in [0.15, 0.2) is 0 Å². The molecule has 2 N–H and O–H groups in total. The number of rotatable bonds is 6. The number of methoxy groups -OCH3 is 1. The molecule has 0 saturated carbocycles. The van der Waals surface area contributed by atoms with Crippen molar-refractivity contribution in [1.82, 2.24) is 9.80 Å². The Bertz CT molecular complexity index is 257. The molecule has 1 aliphatic heterocycles. The molecule has 1 amide bonds. The van der Waals surface area contributed by atoms with Crippen LogP contribution in [0.2, 0.25) is 0 Å². The monoisotopic (exact) mass is 257 g/mol. The van der Waals surface area contributed by atoms with E-state index in [-0.39, 0.29) is 11.9 Å². The van der Waals surface area contributed by atoms with Gasteiger partial charge in [-0.3, -0.25) is 9.69 Å². The summed E-state index contributed by atoms with van der Waals surface area (Å²) < 4.78 is 5.39. The molecule has 1 heterocycles. The lowest BCUT2D eigenvalue weighted by Crippen LogP contribution is -2.52. The molecule has 1 rings (SSSR count). The molecule has 0 spiro atoms. The lowest BCUT2D eigenvalue weighted by atomic mass is 9.99. The number of amides is 1. The summed E-state index contributed by atoms with van der Waals surface area (Å²) >= 11 is 0. The van der Waals surface area contributed by atoms with Crippen LogP contribution in [0.5, 0.6) is 0 Å². The Morgan fingerprint density at radius 2 is 2.11 bits per heavy atom. The molecule has 0 bridgehead atoms. The smallest absolute Gasteiger partial charge is 0.236 e. The highest BCUT2D eigenvalue weighted by atomic mass is 16.5. The Morgan fingerprint density at radius 3 is 2.61 bits per heavy atom.